The van der Waals surface area contributed by atoms with Crippen molar-refractivity contribution in [1.29, 1.82) is 0 Å². The zero-order chi connectivity index (χ0) is 11.5. The average Bonchev–Trinajstić information content (AvgIpc) is 2.18. The highest BCUT2D eigenvalue weighted by atomic mass is 19.1. The molecule has 1 rings (SSSR count). The van der Waals surface area contributed by atoms with Crippen LogP contribution in [-0.2, 0) is 0 Å². The first-order valence-electron chi connectivity index (χ1n) is 5.05. The number of benzene rings is 1. The van der Waals surface area contributed by atoms with Gasteiger partial charge in [-0.1, -0.05) is 26.0 Å². The van der Waals surface area contributed by atoms with Crippen LogP contribution in [-0.4, -0.2) is 18.7 Å². The van der Waals surface area contributed by atoms with Gasteiger partial charge in [-0.3, -0.25) is 0 Å². The molecule has 0 saturated carbocycles. The van der Waals surface area contributed by atoms with Crippen molar-refractivity contribution in [2.75, 3.05) is 13.6 Å². The standard InChI is InChI=1S/C12H18FNO/c1-12(2,8-14-3)11(15)9-4-6-10(13)7-5-9/h4-7,11,14-15H,8H2,1-3H3. The number of nitrogens with one attached hydrogen (secondary N) is 1. The lowest BCUT2D eigenvalue weighted by Gasteiger charge is -2.30. The third kappa shape index (κ3) is 3.01. The Bertz CT molecular complexity index is 308. The third-order valence-electron chi connectivity index (χ3n) is 2.56. The Kier molecular flexibility index (Phi) is 3.83. The Morgan fingerprint density at radius 3 is 2.33 bits per heavy atom. The minimum absolute atomic E-state index is 0.271. The van der Waals surface area contributed by atoms with Crippen molar-refractivity contribution in [2.24, 2.45) is 5.41 Å². The van der Waals surface area contributed by atoms with Crippen LogP contribution < -0.4 is 5.32 Å². The molecule has 0 aliphatic carbocycles. The van der Waals surface area contributed by atoms with E-state index in [1.807, 2.05) is 20.9 Å². The molecule has 0 aliphatic rings. The fourth-order valence-electron chi connectivity index (χ4n) is 1.65. The van der Waals surface area contributed by atoms with Gasteiger partial charge in [0.2, 0.25) is 0 Å². The Balaban J connectivity index is 2.84. The minimum atomic E-state index is -0.592. The van der Waals surface area contributed by atoms with E-state index in [9.17, 15) is 9.50 Å². The van der Waals surface area contributed by atoms with Gasteiger partial charge in [0.15, 0.2) is 0 Å². The predicted molar refractivity (Wildman–Crippen MR) is 59.1 cm³/mol. The van der Waals surface area contributed by atoms with Gasteiger partial charge in [0.1, 0.15) is 5.82 Å². The average molecular weight is 211 g/mol. The highest BCUT2D eigenvalue weighted by Gasteiger charge is 2.28. The van der Waals surface area contributed by atoms with Crippen LogP contribution in [0.15, 0.2) is 24.3 Å². The lowest BCUT2D eigenvalue weighted by molar-refractivity contribution is 0.0505. The van der Waals surface area contributed by atoms with Gasteiger partial charge in [0, 0.05) is 12.0 Å². The zero-order valence-electron chi connectivity index (χ0n) is 9.42. The van der Waals surface area contributed by atoms with Crippen LogP contribution in [0.5, 0.6) is 0 Å². The molecule has 1 aromatic carbocycles. The quantitative estimate of drug-likeness (QED) is 0.799. The predicted octanol–water partition coefficient (Wildman–Crippen LogP) is 2.10. The van der Waals surface area contributed by atoms with Gasteiger partial charge in [0.25, 0.3) is 0 Å². The fourth-order valence-corrected chi connectivity index (χ4v) is 1.65. The Morgan fingerprint density at radius 2 is 1.87 bits per heavy atom. The van der Waals surface area contributed by atoms with Gasteiger partial charge < -0.3 is 10.4 Å². The van der Waals surface area contributed by atoms with E-state index in [1.165, 1.54) is 12.1 Å². The summed E-state index contributed by atoms with van der Waals surface area (Å²) in [5, 5.41) is 13.1. The van der Waals surface area contributed by atoms with Crippen molar-refractivity contribution in [1.82, 2.24) is 5.32 Å². The van der Waals surface area contributed by atoms with E-state index in [1.54, 1.807) is 12.1 Å². The normalized spacial score (nSPS) is 13.9. The van der Waals surface area contributed by atoms with E-state index < -0.39 is 6.10 Å². The topological polar surface area (TPSA) is 32.3 Å². The second-order valence-electron chi connectivity index (χ2n) is 4.47. The monoisotopic (exact) mass is 211 g/mol. The van der Waals surface area contributed by atoms with E-state index in [4.69, 9.17) is 0 Å². The number of rotatable bonds is 4. The van der Waals surface area contributed by atoms with E-state index >= 15 is 0 Å². The first kappa shape index (κ1) is 12.1. The fraction of sp³-hybridized carbons (Fsp3) is 0.500. The molecule has 0 aromatic heterocycles. The van der Waals surface area contributed by atoms with E-state index in [0.717, 1.165) is 5.56 Å². The van der Waals surface area contributed by atoms with Crippen molar-refractivity contribution >= 4 is 0 Å². The Hall–Kier alpha value is -0.930. The lowest BCUT2D eigenvalue weighted by atomic mass is 9.82. The van der Waals surface area contributed by atoms with Crippen LogP contribution in [0.1, 0.15) is 25.5 Å². The summed E-state index contributed by atoms with van der Waals surface area (Å²) in [4.78, 5) is 0. The number of halogens is 1. The maximum Gasteiger partial charge on any atom is 0.123 e. The smallest absolute Gasteiger partial charge is 0.123 e. The minimum Gasteiger partial charge on any atom is -0.388 e. The summed E-state index contributed by atoms with van der Waals surface area (Å²) in [6.07, 6.45) is -0.592. The molecular weight excluding hydrogens is 193 g/mol. The molecule has 1 aromatic rings. The molecule has 0 fully saturated rings. The number of aliphatic hydroxyl groups excluding tert-OH is 1. The molecule has 1 atom stereocenters. The molecule has 3 heteroatoms. The summed E-state index contributed by atoms with van der Waals surface area (Å²) >= 11 is 0. The number of hydrogen-bond acceptors (Lipinski definition) is 2. The summed E-state index contributed by atoms with van der Waals surface area (Å²) in [5.74, 6) is -0.280. The SMILES string of the molecule is CNCC(C)(C)C(O)c1ccc(F)cc1. The van der Waals surface area contributed by atoms with Crippen LogP contribution in [0.2, 0.25) is 0 Å². The van der Waals surface area contributed by atoms with Crippen molar-refractivity contribution < 1.29 is 9.50 Å². The lowest BCUT2D eigenvalue weighted by Crippen LogP contribution is -2.32. The van der Waals surface area contributed by atoms with Gasteiger partial charge in [0.05, 0.1) is 6.10 Å². The second-order valence-corrected chi connectivity index (χ2v) is 4.47. The van der Waals surface area contributed by atoms with Crippen LogP contribution in [0.25, 0.3) is 0 Å². The zero-order valence-corrected chi connectivity index (χ0v) is 9.42. The van der Waals surface area contributed by atoms with Gasteiger partial charge in [-0.2, -0.15) is 0 Å². The number of aliphatic hydroxyl groups is 1. The van der Waals surface area contributed by atoms with Crippen LogP contribution >= 0.6 is 0 Å². The molecule has 0 radical (unpaired) electrons. The number of hydrogen-bond donors (Lipinski definition) is 2. The molecule has 84 valence electrons. The maximum atomic E-state index is 12.7. The first-order valence-corrected chi connectivity index (χ1v) is 5.05. The summed E-state index contributed by atoms with van der Waals surface area (Å²) in [7, 11) is 1.85. The largest absolute Gasteiger partial charge is 0.388 e. The van der Waals surface area contributed by atoms with Gasteiger partial charge in [-0.05, 0) is 24.7 Å². The molecule has 0 amide bonds. The summed E-state index contributed by atoms with van der Waals surface area (Å²) in [6, 6.07) is 5.98. The van der Waals surface area contributed by atoms with Crippen molar-refractivity contribution in [3.8, 4) is 0 Å². The molecule has 0 bridgehead atoms. The molecule has 0 heterocycles. The van der Waals surface area contributed by atoms with Crippen LogP contribution in [0.3, 0.4) is 0 Å². The molecule has 15 heavy (non-hydrogen) atoms. The molecule has 1 unspecified atom stereocenters. The van der Waals surface area contributed by atoms with Crippen LogP contribution in [0.4, 0.5) is 4.39 Å². The highest BCUT2D eigenvalue weighted by Crippen LogP contribution is 2.32. The maximum absolute atomic E-state index is 12.7. The Morgan fingerprint density at radius 1 is 1.33 bits per heavy atom. The first-order chi connectivity index (χ1) is 6.97. The van der Waals surface area contributed by atoms with Crippen molar-refractivity contribution in [2.45, 2.75) is 20.0 Å². The molecule has 2 nitrogen and oxygen atoms in total. The molecule has 0 spiro atoms. The third-order valence-corrected chi connectivity index (χ3v) is 2.56. The highest BCUT2D eigenvalue weighted by molar-refractivity contribution is 5.20. The Labute approximate surface area is 90.1 Å². The van der Waals surface area contributed by atoms with Gasteiger partial charge >= 0.3 is 0 Å². The summed E-state index contributed by atoms with van der Waals surface area (Å²) in [5.41, 5.74) is 0.476. The molecule has 0 aliphatic heterocycles. The van der Waals surface area contributed by atoms with Crippen molar-refractivity contribution in [3.05, 3.63) is 35.6 Å². The molecular formula is C12H18FNO. The van der Waals surface area contributed by atoms with Crippen LogP contribution in [0, 0.1) is 11.2 Å². The van der Waals surface area contributed by atoms with E-state index in [0.29, 0.717) is 6.54 Å². The van der Waals surface area contributed by atoms with Crippen molar-refractivity contribution in [3.63, 3.8) is 0 Å². The summed E-state index contributed by atoms with van der Waals surface area (Å²) < 4.78 is 12.7. The molecule has 0 saturated heterocycles. The summed E-state index contributed by atoms with van der Waals surface area (Å²) in [6.45, 7) is 4.64. The molecule has 2 N–H and O–H groups in total. The van der Waals surface area contributed by atoms with Gasteiger partial charge in [-0.25, -0.2) is 4.39 Å². The van der Waals surface area contributed by atoms with Gasteiger partial charge in [-0.15, -0.1) is 0 Å². The van der Waals surface area contributed by atoms with E-state index in [-0.39, 0.29) is 11.2 Å². The second kappa shape index (κ2) is 4.73. The van der Waals surface area contributed by atoms with E-state index in [2.05, 4.69) is 5.32 Å².